The lowest BCUT2D eigenvalue weighted by molar-refractivity contribution is 0.588. The normalized spacial score (nSPS) is 14.5. The van der Waals surface area contributed by atoms with Crippen LogP contribution in [0.3, 0.4) is 0 Å². The van der Waals surface area contributed by atoms with E-state index in [-0.39, 0.29) is 5.03 Å². The van der Waals surface area contributed by atoms with E-state index in [0.717, 1.165) is 5.56 Å². The van der Waals surface area contributed by atoms with E-state index in [0.29, 0.717) is 23.7 Å². The summed E-state index contributed by atoms with van der Waals surface area (Å²) in [5.74, 6) is 0. The van der Waals surface area contributed by atoms with Crippen LogP contribution in [0, 0.1) is 0 Å². The average molecular weight is 295 g/mol. The van der Waals surface area contributed by atoms with Crippen molar-refractivity contribution in [3.05, 3.63) is 53.2 Å². The average Bonchev–Trinajstić information content (AvgIpc) is 2.86. The Morgan fingerprint density at radius 3 is 2.74 bits per heavy atom. The van der Waals surface area contributed by atoms with Crippen LogP contribution in [0.4, 0.5) is 5.69 Å². The summed E-state index contributed by atoms with van der Waals surface area (Å²) in [6.07, 6.45) is 2.10. The fourth-order valence-electron chi connectivity index (χ4n) is 2.22. The van der Waals surface area contributed by atoms with Crippen molar-refractivity contribution in [3.8, 4) is 0 Å². The molecule has 4 nitrogen and oxygen atoms in total. The number of hydrogen-bond donors (Lipinski definition) is 0. The Morgan fingerprint density at radius 2 is 2.00 bits per heavy atom. The third-order valence-corrected chi connectivity index (χ3v) is 5.20. The largest absolute Gasteiger partial charge is 0.281 e. The Morgan fingerprint density at radius 1 is 1.16 bits per heavy atom. The van der Waals surface area contributed by atoms with Crippen molar-refractivity contribution in [2.45, 2.75) is 11.4 Å². The van der Waals surface area contributed by atoms with Crippen molar-refractivity contribution in [3.63, 3.8) is 0 Å². The van der Waals surface area contributed by atoms with Gasteiger partial charge in [0, 0.05) is 17.8 Å². The number of aromatic nitrogens is 1. The number of fused-ring (bicyclic) bond motifs is 1. The van der Waals surface area contributed by atoms with Crippen molar-refractivity contribution >= 4 is 27.3 Å². The van der Waals surface area contributed by atoms with Crippen LogP contribution >= 0.6 is 11.6 Å². The molecule has 1 aromatic carbocycles. The maximum atomic E-state index is 12.5. The fourth-order valence-corrected chi connectivity index (χ4v) is 3.92. The fraction of sp³-hybridized carbons (Fsp3) is 0.154. The van der Waals surface area contributed by atoms with Crippen LogP contribution < -0.4 is 4.31 Å². The van der Waals surface area contributed by atoms with Gasteiger partial charge in [0.25, 0.3) is 10.0 Å². The van der Waals surface area contributed by atoms with Crippen molar-refractivity contribution in [1.82, 2.24) is 4.98 Å². The summed E-state index contributed by atoms with van der Waals surface area (Å²) in [7, 11) is -3.61. The summed E-state index contributed by atoms with van der Waals surface area (Å²) in [5.41, 5.74) is 1.53. The molecule has 1 aliphatic heterocycles. The summed E-state index contributed by atoms with van der Waals surface area (Å²) in [6, 6.07) is 10.2. The number of nitrogens with zero attached hydrogens (tertiary/aromatic N) is 2. The highest BCUT2D eigenvalue weighted by Gasteiger charge is 2.32. The van der Waals surface area contributed by atoms with Crippen molar-refractivity contribution in [1.29, 1.82) is 0 Å². The van der Waals surface area contributed by atoms with E-state index in [4.69, 9.17) is 11.6 Å². The predicted octanol–water partition coefficient (Wildman–Crippen LogP) is 2.49. The first kappa shape index (κ1) is 12.4. The minimum absolute atomic E-state index is 0.0582. The number of pyridine rings is 1. The summed E-state index contributed by atoms with van der Waals surface area (Å²) in [6.45, 7) is 0.401. The quantitative estimate of drug-likeness (QED) is 0.855. The molecule has 0 bridgehead atoms. The van der Waals surface area contributed by atoms with Gasteiger partial charge in [-0.1, -0.05) is 23.7 Å². The van der Waals surface area contributed by atoms with E-state index < -0.39 is 10.0 Å². The molecule has 0 aliphatic carbocycles. The highest BCUT2D eigenvalue weighted by atomic mass is 35.5. The van der Waals surface area contributed by atoms with Gasteiger partial charge in [-0.05, 0) is 36.2 Å². The van der Waals surface area contributed by atoms with Crippen LogP contribution in [0.1, 0.15) is 5.56 Å². The Balaban J connectivity index is 2.10. The molecule has 0 N–H and O–H groups in total. The monoisotopic (exact) mass is 294 g/mol. The topological polar surface area (TPSA) is 50.3 Å². The zero-order chi connectivity index (χ0) is 13.5. The van der Waals surface area contributed by atoms with Gasteiger partial charge < -0.3 is 0 Å². The predicted molar refractivity (Wildman–Crippen MR) is 73.9 cm³/mol. The molecule has 0 saturated heterocycles. The van der Waals surface area contributed by atoms with Crippen LogP contribution in [0.2, 0.25) is 5.02 Å². The second-order valence-electron chi connectivity index (χ2n) is 4.23. The molecule has 3 rings (SSSR count). The molecule has 2 heterocycles. The molecule has 98 valence electrons. The highest BCUT2D eigenvalue weighted by molar-refractivity contribution is 7.92. The van der Waals surface area contributed by atoms with E-state index in [1.54, 1.807) is 30.3 Å². The molecule has 1 aliphatic rings. The maximum Gasteiger partial charge on any atom is 0.281 e. The van der Waals surface area contributed by atoms with E-state index in [9.17, 15) is 8.42 Å². The Hall–Kier alpha value is -1.59. The third kappa shape index (κ3) is 1.99. The standard InChI is InChI=1S/C13H11ClN2O2S/c14-11-4-3-5-12-10(11)7-9-16(12)19(17,18)13-6-1-2-8-15-13/h1-6,8H,7,9H2. The molecule has 0 amide bonds. The molecule has 0 atom stereocenters. The lowest BCUT2D eigenvalue weighted by Crippen LogP contribution is -2.29. The van der Waals surface area contributed by atoms with Gasteiger partial charge in [0.05, 0.1) is 5.69 Å². The second-order valence-corrected chi connectivity index (χ2v) is 6.45. The highest BCUT2D eigenvalue weighted by Crippen LogP contribution is 2.36. The maximum absolute atomic E-state index is 12.5. The number of halogens is 1. The summed E-state index contributed by atoms with van der Waals surface area (Å²) >= 11 is 6.09. The molecule has 2 aromatic rings. The lowest BCUT2D eigenvalue weighted by atomic mass is 10.2. The summed E-state index contributed by atoms with van der Waals surface area (Å²) in [4.78, 5) is 3.93. The molecular weight excluding hydrogens is 284 g/mol. The molecule has 0 radical (unpaired) electrons. The van der Waals surface area contributed by atoms with E-state index in [1.807, 2.05) is 0 Å². The van der Waals surface area contributed by atoms with Crippen molar-refractivity contribution in [2.24, 2.45) is 0 Å². The van der Waals surface area contributed by atoms with Crippen LogP contribution in [-0.4, -0.2) is 19.9 Å². The van der Waals surface area contributed by atoms with Crippen LogP contribution in [0.5, 0.6) is 0 Å². The third-order valence-electron chi connectivity index (χ3n) is 3.12. The molecule has 0 saturated carbocycles. The van der Waals surface area contributed by atoms with E-state index in [1.165, 1.54) is 16.6 Å². The molecule has 19 heavy (non-hydrogen) atoms. The summed E-state index contributed by atoms with van der Waals surface area (Å²) in [5, 5.41) is 0.666. The lowest BCUT2D eigenvalue weighted by Gasteiger charge is -2.18. The molecule has 1 aromatic heterocycles. The van der Waals surface area contributed by atoms with Gasteiger partial charge in [0.2, 0.25) is 0 Å². The zero-order valence-electron chi connectivity index (χ0n) is 9.95. The molecular formula is C13H11ClN2O2S. The first-order valence-corrected chi connectivity index (χ1v) is 7.63. The van der Waals surface area contributed by atoms with Gasteiger partial charge in [0.15, 0.2) is 5.03 Å². The first-order chi connectivity index (χ1) is 9.10. The van der Waals surface area contributed by atoms with Gasteiger partial charge in [-0.25, -0.2) is 4.98 Å². The molecule has 0 spiro atoms. The van der Waals surface area contributed by atoms with E-state index >= 15 is 0 Å². The van der Waals surface area contributed by atoms with Gasteiger partial charge >= 0.3 is 0 Å². The molecule has 0 unspecified atom stereocenters. The Kier molecular flexibility index (Phi) is 2.95. The Bertz CT molecular complexity index is 717. The minimum atomic E-state index is -3.61. The van der Waals surface area contributed by atoms with Gasteiger partial charge in [-0.15, -0.1) is 0 Å². The second kappa shape index (κ2) is 4.51. The number of hydrogen-bond acceptors (Lipinski definition) is 3. The first-order valence-electron chi connectivity index (χ1n) is 5.82. The Labute approximate surface area is 116 Å². The van der Waals surface area contributed by atoms with Gasteiger partial charge in [-0.2, -0.15) is 8.42 Å². The molecule has 6 heteroatoms. The van der Waals surface area contributed by atoms with Crippen LogP contribution in [0.15, 0.2) is 47.6 Å². The van der Waals surface area contributed by atoms with Gasteiger partial charge in [0.1, 0.15) is 0 Å². The number of anilines is 1. The molecule has 0 fully saturated rings. The number of sulfonamides is 1. The van der Waals surface area contributed by atoms with Gasteiger partial charge in [-0.3, -0.25) is 4.31 Å². The van der Waals surface area contributed by atoms with E-state index in [2.05, 4.69) is 4.98 Å². The number of rotatable bonds is 2. The zero-order valence-corrected chi connectivity index (χ0v) is 11.5. The van der Waals surface area contributed by atoms with Crippen LogP contribution in [-0.2, 0) is 16.4 Å². The van der Waals surface area contributed by atoms with Crippen molar-refractivity contribution in [2.75, 3.05) is 10.8 Å². The van der Waals surface area contributed by atoms with Crippen LogP contribution in [0.25, 0.3) is 0 Å². The number of benzene rings is 1. The minimum Gasteiger partial charge on any atom is -0.264 e. The van der Waals surface area contributed by atoms with Crippen molar-refractivity contribution < 1.29 is 8.42 Å². The smallest absolute Gasteiger partial charge is 0.264 e. The SMILES string of the molecule is O=S(=O)(c1ccccn1)N1CCc2c(Cl)cccc21. The summed E-state index contributed by atoms with van der Waals surface area (Å²) < 4.78 is 26.4.